The third kappa shape index (κ3) is 2.00. The van der Waals surface area contributed by atoms with Crippen molar-refractivity contribution in [3.05, 3.63) is 35.5 Å². The number of benzene rings is 1. The molecule has 0 spiro atoms. The zero-order valence-corrected chi connectivity index (χ0v) is 9.73. The first kappa shape index (κ1) is 11.2. The van der Waals surface area contributed by atoms with Gasteiger partial charge in [-0.3, -0.25) is 4.79 Å². The number of methoxy groups -OCH3 is 1. The molecule has 2 aromatic rings. The van der Waals surface area contributed by atoms with E-state index in [1.807, 2.05) is 23.9 Å². The second-order valence-electron chi connectivity index (χ2n) is 3.86. The van der Waals surface area contributed by atoms with Crippen molar-refractivity contribution in [2.45, 2.75) is 6.42 Å². The van der Waals surface area contributed by atoms with Crippen LogP contribution >= 0.6 is 0 Å². The molecule has 0 bridgehead atoms. The molecule has 0 aliphatic heterocycles. The molecule has 1 aromatic heterocycles. The summed E-state index contributed by atoms with van der Waals surface area (Å²) < 4.78 is 6.59. The molecule has 0 radical (unpaired) electrons. The van der Waals surface area contributed by atoms with Gasteiger partial charge in [0.25, 0.3) is 0 Å². The molecule has 0 unspecified atom stereocenters. The zero-order valence-electron chi connectivity index (χ0n) is 9.73. The lowest BCUT2D eigenvalue weighted by Gasteiger charge is -1.98. The fourth-order valence-electron chi connectivity index (χ4n) is 1.91. The van der Waals surface area contributed by atoms with Crippen molar-refractivity contribution < 1.29 is 9.53 Å². The van der Waals surface area contributed by atoms with Gasteiger partial charge in [-0.2, -0.15) is 5.26 Å². The van der Waals surface area contributed by atoms with Crippen molar-refractivity contribution in [3.63, 3.8) is 0 Å². The minimum absolute atomic E-state index is 0.225. The topological polar surface area (TPSA) is 55.0 Å². The smallest absolute Gasteiger partial charge is 0.310 e. The summed E-state index contributed by atoms with van der Waals surface area (Å²) in [5.41, 5.74) is 2.48. The molecule has 2 rings (SSSR count). The number of hydrogen-bond acceptors (Lipinski definition) is 3. The standard InChI is InChI=1S/C13H12N2O2/c1-15-8-10(6-13(16)17-2)11-5-9(7-14)3-4-12(11)15/h3-5,8H,6H2,1-2H3. The van der Waals surface area contributed by atoms with E-state index >= 15 is 0 Å². The largest absolute Gasteiger partial charge is 0.469 e. The van der Waals surface area contributed by atoms with Gasteiger partial charge in [0.15, 0.2) is 0 Å². The highest BCUT2D eigenvalue weighted by Gasteiger charge is 2.11. The summed E-state index contributed by atoms with van der Waals surface area (Å²) in [5.74, 6) is -0.278. The highest BCUT2D eigenvalue weighted by atomic mass is 16.5. The van der Waals surface area contributed by atoms with Gasteiger partial charge < -0.3 is 9.30 Å². The van der Waals surface area contributed by atoms with Crippen LogP contribution in [0.4, 0.5) is 0 Å². The monoisotopic (exact) mass is 228 g/mol. The molecule has 0 amide bonds. The van der Waals surface area contributed by atoms with Crippen molar-refractivity contribution in [2.24, 2.45) is 7.05 Å². The van der Waals surface area contributed by atoms with Crippen LogP contribution in [0.15, 0.2) is 24.4 Å². The highest BCUT2D eigenvalue weighted by molar-refractivity contribution is 5.88. The Balaban J connectivity index is 2.56. The predicted octanol–water partition coefficient (Wildman–Crippen LogP) is 1.77. The van der Waals surface area contributed by atoms with Crippen molar-refractivity contribution in [1.82, 2.24) is 4.57 Å². The molecular weight excluding hydrogens is 216 g/mol. The molecule has 1 heterocycles. The third-order valence-electron chi connectivity index (χ3n) is 2.76. The van der Waals surface area contributed by atoms with Gasteiger partial charge >= 0.3 is 5.97 Å². The first-order valence-electron chi connectivity index (χ1n) is 5.20. The van der Waals surface area contributed by atoms with E-state index < -0.39 is 0 Å². The number of ether oxygens (including phenoxy) is 1. The van der Waals surface area contributed by atoms with E-state index in [1.165, 1.54) is 7.11 Å². The molecule has 0 atom stereocenters. The number of esters is 1. The van der Waals surface area contributed by atoms with E-state index in [4.69, 9.17) is 5.26 Å². The van der Waals surface area contributed by atoms with Crippen LogP contribution in [0, 0.1) is 11.3 Å². The predicted molar refractivity (Wildman–Crippen MR) is 63.4 cm³/mol. The number of carbonyl (C=O) groups is 1. The van der Waals surface area contributed by atoms with Crippen molar-refractivity contribution in [1.29, 1.82) is 5.26 Å². The normalized spacial score (nSPS) is 10.2. The fourth-order valence-corrected chi connectivity index (χ4v) is 1.91. The van der Waals surface area contributed by atoms with Crippen LogP contribution in [0.1, 0.15) is 11.1 Å². The quantitative estimate of drug-likeness (QED) is 0.736. The highest BCUT2D eigenvalue weighted by Crippen LogP contribution is 2.22. The molecule has 0 fully saturated rings. The van der Waals surface area contributed by atoms with Crippen molar-refractivity contribution in [3.8, 4) is 6.07 Å². The van der Waals surface area contributed by atoms with Crippen LogP contribution in [0.2, 0.25) is 0 Å². The number of hydrogen-bond donors (Lipinski definition) is 0. The molecule has 4 nitrogen and oxygen atoms in total. The molecule has 0 saturated carbocycles. The van der Waals surface area contributed by atoms with Crippen LogP contribution in [0.25, 0.3) is 10.9 Å². The SMILES string of the molecule is COC(=O)Cc1cn(C)c2ccc(C#N)cc12. The molecule has 0 aliphatic rings. The lowest BCUT2D eigenvalue weighted by Crippen LogP contribution is -2.03. The molecule has 4 heteroatoms. The number of nitrogens with zero attached hydrogens (tertiary/aromatic N) is 2. The molecule has 17 heavy (non-hydrogen) atoms. The maximum atomic E-state index is 11.3. The molecular formula is C13H12N2O2. The maximum absolute atomic E-state index is 11.3. The minimum Gasteiger partial charge on any atom is -0.469 e. The van der Waals surface area contributed by atoms with Gasteiger partial charge in [0.05, 0.1) is 25.2 Å². The minimum atomic E-state index is -0.278. The molecule has 0 aliphatic carbocycles. The number of rotatable bonds is 2. The fraction of sp³-hybridized carbons (Fsp3) is 0.231. The summed E-state index contributed by atoms with van der Waals surface area (Å²) in [5, 5.41) is 9.80. The Morgan fingerprint density at radius 3 is 2.94 bits per heavy atom. The van der Waals surface area contributed by atoms with Crippen LogP contribution in [-0.2, 0) is 23.0 Å². The number of aryl methyl sites for hydroxylation is 1. The Hall–Kier alpha value is -2.28. The third-order valence-corrected chi connectivity index (χ3v) is 2.76. The van der Waals surface area contributed by atoms with E-state index in [9.17, 15) is 4.79 Å². The van der Waals surface area contributed by atoms with Gasteiger partial charge in [-0.15, -0.1) is 0 Å². The van der Waals surface area contributed by atoms with Crippen LogP contribution < -0.4 is 0 Å². The van der Waals surface area contributed by atoms with E-state index in [0.29, 0.717) is 5.56 Å². The Morgan fingerprint density at radius 2 is 2.29 bits per heavy atom. The summed E-state index contributed by atoms with van der Waals surface area (Å²) in [6, 6.07) is 7.55. The van der Waals surface area contributed by atoms with Crippen LogP contribution in [0.3, 0.4) is 0 Å². The first-order chi connectivity index (χ1) is 8.15. The molecule has 0 saturated heterocycles. The molecule has 86 valence electrons. The summed E-state index contributed by atoms with van der Waals surface area (Å²) in [6.45, 7) is 0. The van der Waals surface area contributed by atoms with Gasteiger partial charge in [0.1, 0.15) is 0 Å². The lowest BCUT2D eigenvalue weighted by molar-refractivity contribution is -0.139. The Kier molecular flexibility index (Phi) is 2.84. The lowest BCUT2D eigenvalue weighted by atomic mass is 10.1. The van der Waals surface area contributed by atoms with Gasteiger partial charge in [-0.1, -0.05) is 0 Å². The Labute approximate surface area is 99.0 Å². The summed E-state index contributed by atoms with van der Waals surface area (Å²) in [7, 11) is 3.28. The summed E-state index contributed by atoms with van der Waals surface area (Å²) in [4.78, 5) is 11.3. The van der Waals surface area contributed by atoms with Gasteiger partial charge in [0, 0.05) is 24.1 Å². The summed E-state index contributed by atoms with van der Waals surface area (Å²) >= 11 is 0. The van der Waals surface area contributed by atoms with Crippen molar-refractivity contribution >= 4 is 16.9 Å². The van der Waals surface area contributed by atoms with Crippen LogP contribution in [-0.4, -0.2) is 17.6 Å². The Morgan fingerprint density at radius 1 is 1.53 bits per heavy atom. The molecule has 1 aromatic carbocycles. The van der Waals surface area contributed by atoms with E-state index in [2.05, 4.69) is 10.8 Å². The number of nitriles is 1. The second kappa shape index (κ2) is 4.30. The van der Waals surface area contributed by atoms with E-state index in [-0.39, 0.29) is 12.4 Å². The van der Waals surface area contributed by atoms with Gasteiger partial charge in [-0.25, -0.2) is 0 Å². The zero-order chi connectivity index (χ0) is 12.4. The maximum Gasteiger partial charge on any atom is 0.310 e. The average molecular weight is 228 g/mol. The van der Waals surface area contributed by atoms with Crippen molar-refractivity contribution in [2.75, 3.05) is 7.11 Å². The van der Waals surface area contributed by atoms with Gasteiger partial charge in [0.2, 0.25) is 0 Å². The average Bonchev–Trinajstić information content (AvgIpc) is 2.65. The number of carbonyl (C=O) groups excluding carboxylic acids is 1. The van der Waals surface area contributed by atoms with Crippen LogP contribution in [0.5, 0.6) is 0 Å². The first-order valence-corrected chi connectivity index (χ1v) is 5.20. The van der Waals surface area contributed by atoms with E-state index in [0.717, 1.165) is 16.5 Å². The van der Waals surface area contributed by atoms with E-state index in [1.54, 1.807) is 12.1 Å². The second-order valence-corrected chi connectivity index (χ2v) is 3.86. The summed E-state index contributed by atoms with van der Waals surface area (Å²) in [6.07, 6.45) is 2.12. The Bertz CT molecular complexity index is 620. The number of aromatic nitrogens is 1. The van der Waals surface area contributed by atoms with Gasteiger partial charge in [-0.05, 0) is 23.8 Å². The molecule has 0 N–H and O–H groups in total. The number of fused-ring (bicyclic) bond motifs is 1.